The third-order valence-electron chi connectivity index (χ3n) is 5.62. The third kappa shape index (κ3) is 5.73. The topological polar surface area (TPSA) is 79.0 Å². The summed E-state index contributed by atoms with van der Waals surface area (Å²) in [6.07, 6.45) is 5.90. The minimum absolute atomic E-state index is 0.152. The Kier molecular flexibility index (Phi) is 8.23. The van der Waals surface area contributed by atoms with Crippen molar-refractivity contribution >= 4 is 29.0 Å². The van der Waals surface area contributed by atoms with Gasteiger partial charge in [0.1, 0.15) is 5.70 Å². The minimum Gasteiger partial charge on any atom is -0.381 e. The number of benzene rings is 1. The number of unbranched alkanes of at least 4 members (excludes halogenated alkanes) is 1. The number of imide groups is 1. The third-order valence-corrected chi connectivity index (χ3v) is 5.62. The number of hydrogen-bond donors (Lipinski definition) is 1. The fraction of sp³-hybridized carbons (Fsp3) is 0.542. The molecule has 1 fully saturated rings. The Morgan fingerprint density at radius 3 is 2.32 bits per heavy atom. The highest BCUT2D eigenvalue weighted by Gasteiger charge is 2.41. The molecule has 168 valence electrons. The first-order valence-electron chi connectivity index (χ1n) is 11.3. The number of amides is 3. The summed E-state index contributed by atoms with van der Waals surface area (Å²) in [4.78, 5) is 41.3. The summed E-state index contributed by atoms with van der Waals surface area (Å²) >= 11 is 0. The summed E-state index contributed by atoms with van der Waals surface area (Å²) in [6, 6.07) is 7.12. The van der Waals surface area contributed by atoms with Crippen molar-refractivity contribution in [2.24, 2.45) is 0 Å². The average Bonchev–Trinajstić information content (AvgIpc) is 3.01. The number of carbonyl (C=O) groups excluding carboxylic acids is 3. The van der Waals surface area contributed by atoms with E-state index in [0.717, 1.165) is 45.2 Å². The number of hydrogen-bond acceptors (Lipinski definition) is 5. The zero-order valence-electron chi connectivity index (χ0n) is 18.6. The molecule has 7 nitrogen and oxygen atoms in total. The van der Waals surface area contributed by atoms with Crippen molar-refractivity contribution < 1.29 is 19.1 Å². The maximum Gasteiger partial charge on any atom is 0.277 e. The van der Waals surface area contributed by atoms with Crippen molar-refractivity contribution in [1.82, 2.24) is 9.80 Å². The van der Waals surface area contributed by atoms with Gasteiger partial charge in [0.05, 0.1) is 5.57 Å². The van der Waals surface area contributed by atoms with Crippen LogP contribution in [0.15, 0.2) is 30.0 Å². The van der Waals surface area contributed by atoms with Crippen LogP contribution >= 0.6 is 0 Å². The Labute approximate surface area is 184 Å². The van der Waals surface area contributed by atoms with Crippen LogP contribution in [0, 0.1) is 0 Å². The standard InChI is InChI=1S/C24H33N3O4/c1-3-4-16-31-17-8-15-27-23(29)21(19-9-11-20(12-10-19)25-18(2)28)22(24(27)30)26-13-6-5-7-14-26/h9-12H,3-8,13-17H2,1-2H3,(H,25,28). The van der Waals surface area contributed by atoms with Gasteiger partial charge < -0.3 is 15.0 Å². The van der Waals surface area contributed by atoms with Crippen LogP contribution in [0.25, 0.3) is 5.57 Å². The van der Waals surface area contributed by atoms with Crippen LogP contribution in [-0.2, 0) is 19.1 Å². The van der Waals surface area contributed by atoms with Crippen molar-refractivity contribution in [3.63, 3.8) is 0 Å². The first-order valence-corrected chi connectivity index (χ1v) is 11.3. The predicted octanol–water partition coefficient (Wildman–Crippen LogP) is 3.42. The van der Waals surface area contributed by atoms with E-state index < -0.39 is 0 Å². The monoisotopic (exact) mass is 427 g/mol. The van der Waals surface area contributed by atoms with E-state index in [2.05, 4.69) is 17.1 Å². The van der Waals surface area contributed by atoms with Gasteiger partial charge in [-0.05, 0) is 49.8 Å². The summed E-state index contributed by atoms with van der Waals surface area (Å²) in [5.74, 6) is -0.603. The van der Waals surface area contributed by atoms with E-state index in [1.54, 1.807) is 24.3 Å². The maximum atomic E-state index is 13.3. The van der Waals surface area contributed by atoms with E-state index in [1.807, 2.05) is 0 Å². The first-order chi connectivity index (χ1) is 15.0. The Morgan fingerprint density at radius 2 is 1.68 bits per heavy atom. The zero-order valence-corrected chi connectivity index (χ0v) is 18.6. The second kappa shape index (κ2) is 11.1. The summed E-state index contributed by atoms with van der Waals surface area (Å²) in [5, 5.41) is 2.73. The van der Waals surface area contributed by atoms with Gasteiger partial charge in [0.25, 0.3) is 11.8 Å². The number of nitrogens with zero attached hydrogens (tertiary/aromatic N) is 2. The molecule has 0 spiro atoms. The lowest BCUT2D eigenvalue weighted by Gasteiger charge is -2.29. The van der Waals surface area contributed by atoms with Crippen LogP contribution in [0.5, 0.6) is 0 Å². The van der Waals surface area contributed by atoms with E-state index in [-0.39, 0.29) is 17.7 Å². The number of anilines is 1. The van der Waals surface area contributed by atoms with Crippen molar-refractivity contribution in [3.05, 3.63) is 35.5 Å². The number of rotatable bonds is 10. The molecule has 31 heavy (non-hydrogen) atoms. The summed E-state index contributed by atoms with van der Waals surface area (Å²) in [6.45, 7) is 6.75. The molecule has 0 atom stereocenters. The average molecular weight is 428 g/mol. The van der Waals surface area contributed by atoms with E-state index in [0.29, 0.717) is 48.7 Å². The number of carbonyl (C=O) groups is 3. The second-order valence-electron chi connectivity index (χ2n) is 8.11. The second-order valence-corrected chi connectivity index (χ2v) is 8.11. The lowest BCUT2D eigenvalue weighted by atomic mass is 10.0. The van der Waals surface area contributed by atoms with Crippen LogP contribution in [0.3, 0.4) is 0 Å². The van der Waals surface area contributed by atoms with Crippen LogP contribution in [0.1, 0.15) is 57.9 Å². The minimum atomic E-state index is -0.244. The van der Waals surface area contributed by atoms with E-state index in [9.17, 15) is 14.4 Å². The molecule has 7 heteroatoms. The molecule has 1 N–H and O–H groups in total. The van der Waals surface area contributed by atoms with Crippen LogP contribution in [0.2, 0.25) is 0 Å². The Hall–Kier alpha value is -2.67. The normalized spacial score (nSPS) is 17.0. The molecule has 1 saturated heterocycles. The highest BCUT2D eigenvalue weighted by molar-refractivity contribution is 6.35. The quantitative estimate of drug-likeness (QED) is 0.457. The smallest absolute Gasteiger partial charge is 0.277 e. The molecular formula is C24H33N3O4. The Balaban J connectivity index is 1.79. The molecule has 1 aromatic rings. The molecule has 1 aromatic carbocycles. The van der Waals surface area contributed by atoms with Crippen LogP contribution in [0.4, 0.5) is 5.69 Å². The van der Waals surface area contributed by atoms with Gasteiger partial charge in [0.15, 0.2) is 0 Å². The maximum absolute atomic E-state index is 13.3. The molecule has 0 unspecified atom stereocenters. The molecule has 2 aliphatic rings. The van der Waals surface area contributed by atoms with Crippen LogP contribution < -0.4 is 5.32 Å². The van der Waals surface area contributed by atoms with Gasteiger partial charge in [-0.2, -0.15) is 0 Å². The number of nitrogens with one attached hydrogen (secondary N) is 1. The molecule has 0 bridgehead atoms. The SMILES string of the molecule is CCCCOCCCN1C(=O)C(c2ccc(NC(C)=O)cc2)=C(N2CCCCC2)C1=O. The molecule has 2 aliphatic heterocycles. The highest BCUT2D eigenvalue weighted by Crippen LogP contribution is 2.33. The Bertz CT molecular complexity index is 826. The number of piperidine rings is 1. The van der Waals surface area contributed by atoms with Gasteiger partial charge in [-0.15, -0.1) is 0 Å². The molecule has 3 amide bonds. The van der Waals surface area contributed by atoms with E-state index in [1.165, 1.54) is 11.8 Å². The van der Waals surface area contributed by atoms with Crippen molar-refractivity contribution in [3.8, 4) is 0 Å². The fourth-order valence-electron chi connectivity index (χ4n) is 4.03. The molecule has 3 rings (SSSR count). The zero-order chi connectivity index (χ0) is 22.2. The van der Waals surface area contributed by atoms with Gasteiger partial charge in [0.2, 0.25) is 5.91 Å². The molecule has 0 saturated carbocycles. The molecule has 2 heterocycles. The molecule has 0 radical (unpaired) electrons. The van der Waals surface area contributed by atoms with Crippen molar-refractivity contribution in [2.75, 3.05) is 38.2 Å². The first kappa shape index (κ1) is 23.0. The lowest BCUT2D eigenvalue weighted by Crippen LogP contribution is -2.37. The summed E-state index contributed by atoms with van der Waals surface area (Å²) < 4.78 is 5.60. The molecular weight excluding hydrogens is 394 g/mol. The van der Waals surface area contributed by atoms with Crippen molar-refractivity contribution in [2.45, 2.75) is 52.4 Å². The van der Waals surface area contributed by atoms with E-state index in [4.69, 9.17) is 4.74 Å². The Morgan fingerprint density at radius 1 is 1.00 bits per heavy atom. The largest absolute Gasteiger partial charge is 0.381 e. The van der Waals surface area contributed by atoms with Gasteiger partial charge in [-0.3, -0.25) is 19.3 Å². The van der Waals surface area contributed by atoms with Crippen molar-refractivity contribution in [1.29, 1.82) is 0 Å². The van der Waals surface area contributed by atoms with E-state index >= 15 is 0 Å². The van der Waals surface area contributed by atoms with Gasteiger partial charge in [-0.25, -0.2) is 0 Å². The highest BCUT2D eigenvalue weighted by atomic mass is 16.5. The fourth-order valence-corrected chi connectivity index (χ4v) is 4.03. The number of ether oxygens (including phenoxy) is 1. The van der Waals surface area contributed by atoms with Crippen LogP contribution in [-0.4, -0.2) is 60.4 Å². The molecule has 0 aromatic heterocycles. The summed E-state index contributed by atoms with van der Waals surface area (Å²) in [7, 11) is 0. The van der Waals surface area contributed by atoms with Gasteiger partial charge in [0, 0.05) is 45.5 Å². The summed E-state index contributed by atoms with van der Waals surface area (Å²) in [5.41, 5.74) is 2.35. The lowest BCUT2D eigenvalue weighted by molar-refractivity contribution is -0.137. The predicted molar refractivity (Wildman–Crippen MR) is 120 cm³/mol. The van der Waals surface area contributed by atoms with Gasteiger partial charge >= 0.3 is 0 Å². The van der Waals surface area contributed by atoms with Gasteiger partial charge in [-0.1, -0.05) is 25.5 Å². The molecule has 0 aliphatic carbocycles. The number of likely N-dealkylation sites (tertiary alicyclic amines) is 1.